The number of likely N-dealkylation sites (tertiary alicyclic amines) is 1. The van der Waals surface area contributed by atoms with E-state index in [1.165, 1.54) is 4.90 Å². The number of carbonyl (C=O) groups excluding carboxylic acids is 1. The number of ether oxygens (including phenoxy) is 1. The third kappa shape index (κ3) is 2.66. The van der Waals surface area contributed by atoms with Crippen molar-refractivity contribution in [3.63, 3.8) is 0 Å². The number of aliphatic hydroxyl groups is 1. The van der Waals surface area contributed by atoms with Crippen molar-refractivity contribution in [2.24, 2.45) is 0 Å². The van der Waals surface area contributed by atoms with E-state index in [2.05, 4.69) is 0 Å². The molecule has 4 nitrogen and oxygen atoms in total. The maximum absolute atomic E-state index is 12.0. The normalized spacial score (nSPS) is 17.2. The second-order valence-electron chi connectivity index (χ2n) is 6.89. The number of rotatable bonds is 1. The summed E-state index contributed by atoms with van der Waals surface area (Å²) in [5, 5.41) is 13.0. The van der Waals surface area contributed by atoms with Crippen LogP contribution in [0.4, 0.5) is 4.79 Å². The first-order valence-electron chi connectivity index (χ1n) is 7.47. The summed E-state index contributed by atoms with van der Waals surface area (Å²) in [4.78, 5) is 13.6. The highest BCUT2D eigenvalue weighted by Crippen LogP contribution is 2.36. The molecule has 0 radical (unpaired) electrons. The molecule has 4 heteroatoms. The zero-order valence-corrected chi connectivity index (χ0v) is 13.2. The third-order valence-corrected chi connectivity index (χ3v) is 3.85. The standard InChI is InChI=1S/C18H21NO3/c1-17(2,3)22-16(20)19-11-18(21,12-19)15-10-6-8-13-7-4-5-9-14(13)15/h4-10,21H,11-12H2,1-3H3. The zero-order chi connectivity index (χ0) is 16.0. The van der Waals surface area contributed by atoms with Gasteiger partial charge in [-0.05, 0) is 37.1 Å². The van der Waals surface area contributed by atoms with Gasteiger partial charge in [-0.3, -0.25) is 0 Å². The number of amides is 1. The van der Waals surface area contributed by atoms with Gasteiger partial charge in [0.15, 0.2) is 0 Å². The van der Waals surface area contributed by atoms with Gasteiger partial charge >= 0.3 is 6.09 Å². The molecule has 116 valence electrons. The zero-order valence-electron chi connectivity index (χ0n) is 13.2. The van der Waals surface area contributed by atoms with E-state index in [1.807, 2.05) is 63.2 Å². The van der Waals surface area contributed by atoms with Crippen molar-refractivity contribution in [1.29, 1.82) is 0 Å². The molecule has 0 unspecified atom stereocenters. The highest BCUT2D eigenvalue weighted by Gasteiger charge is 2.47. The van der Waals surface area contributed by atoms with Crippen LogP contribution in [0, 0.1) is 0 Å². The van der Waals surface area contributed by atoms with Gasteiger partial charge in [0.1, 0.15) is 11.2 Å². The molecule has 0 saturated carbocycles. The van der Waals surface area contributed by atoms with Crippen LogP contribution in [0.5, 0.6) is 0 Å². The second-order valence-corrected chi connectivity index (χ2v) is 6.89. The SMILES string of the molecule is CC(C)(C)OC(=O)N1CC(O)(c2cccc3ccccc23)C1. The first kappa shape index (κ1) is 14.9. The fraction of sp³-hybridized carbons (Fsp3) is 0.389. The molecule has 0 spiro atoms. The Morgan fingerprint density at radius 3 is 2.45 bits per heavy atom. The largest absolute Gasteiger partial charge is 0.444 e. The molecule has 0 aromatic heterocycles. The molecule has 1 aliphatic rings. The van der Waals surface area contributed by atoms with Crippen LogP contribution in [0.15, 0.2) is 42.5 Å². The van der Waals surface area contributed by atoms with Crippen molar-refractivity contribution in [3.05, 3.63) is 48.0 Å². The van der Waals surface area contributed by atoms with E-state index in [9.17, 15) is 9.90 Å². The maximum Gasteiger partial charge on any atom is 0.410 e. The van der Waals surface area contributed by atoms with Crippen molar-refractivity contribution < 1.29 is 14.6 Å². The van der Waals surface area contributed by atoms with Gasteiger partial charge in [-0.15, -0.1) is 0 Å². The molecule has 1 heterocycles. The topological polar surface area (TPSA) is 49.8 Å². The van der Waals surface area contributed by atoms with Gasteiger partial charge in [0.2, 0.25) is 0 Å². The van der Waals surface area contributed by atoms with Crippen molar-refractivity contribution >= 4 is 16.9 Å². The van der Waals surface area contributed by atoms with Crippen molar-refractivity contribution in [2.45, 2.75) is 32.0 Å². The van der Waals surface area contributed by atoms with Crippen LogP contribution in [0.25, 0.3) is 10.8 Å². The quantitative estimate of drug-likeness (QED) is 0.879. The number of hydrogen-bond acceptors (Lipinski definition) is 3. The van der Waals surface area contributed by atoms with Gasteiger partial charge < -0.3 is 14.7 Å². The number of benzene rings is 2. The molecule has 1 N–H and O–H groups in total. The fourth-order valence-corrected chi connectivity index (χ4v) is 2.84. The lowest BCUT2D eigenvalue weighted by molar-refractivity contribution is -0.102. The molecular weight excluding hydrogens is 278 g/mol. The summed E-state index contributed by atoms with van der Waals surface area (Å²) < 4.78 is 5.33. The molecule has 2 aromatic rings. The van der Waals surface area contributed by atoms with Gasteiger partial charge in [-0.25, -0.2) is 4.79 Å². The average Bonchev–Trinajstić information content (AvgIpc) is 2.41. The fourth-order valence-electron chi connectivity index (χ4n) is 2.84. The van der Waals surface area contributed by atoms with Crippen LogP contribution >= 0.6 is 0 Å². The van der Waals surface area contributed by atoms with Gasteiger partial charge in [0, 0.05) is 0 Å². The predicted octanol–water partition coefficient (Wildman–Crippen LogP) is 3.28. The Morgan fingerprint density at radius 1 is 1.14 bits per heavy atom. The highest BCUT2D eigenvalue weighted by atomic mass is 16.6. The summed E-state index contributed by atoms with van der Waals surface area (Å²) >= 11 is 0. The number of nitrogens with zero attached hydrogens (tertiary/aromatic N) is 1. The molecule has 1 aliphatic heterocycles. The van der Waals surface area contributed by atoms with Crippen molar-refractivity contribution in [2.75, 3.05) is 13.1 Å². The molecule has 0 aliphatic carbocycles. The Hall–Kier alpha value is -2.07. The Balaban J connectivity index is 1.81. The first-order valence-corrected chi connectivity index (χ1v) is 7.47. The van der Waals surface area contributed by atoms with Gasteiger partial charge in [-0.2, -0.15) is 0 Å². The summed E-state index contributed by atoms with van der Waals surface area (Å²) in [6.45, 7) is 6.02. The molecular formula is C18H21NO3. The van der Waals surface area contributed by atoms with Crippen molar-refractivity contribution in [3.8, 4) is 0 Å². The van der Waals surface area contributed by atoms with Crippen LogP contribution < -0.4 is 0 Å². The minimum Gasteiger partial charge on any atom is -0.444 e. The monoisotopic (exact) mass is 299 g/mol. The van der Waals surface area contributed by atoms with Crippen LogP contribution in [0.2, 0.25) is 0 Å². The van der Waals surface area contributed by atoms with Gasteiger partial charge in [0.05, 0.1) is 13.1 Å². The second kappa shape index (κ2) is 4.99. The molecule has 1 fully saturated rings. The number of β-amino-alcohol motifs (C(OH)–C–C–N with tert-alkyl or cyclic N) is 1. The Labute approximate surface area is 130 Å². The lowest BCUT2D eigenvalue weighted by Gasteiger charge is -2.47. The van der Waals surface area contributed by atoms with Crippen LogP contribution in [-0.2, 0) is 10.3 Å². The van der Waals surface area contributed by atoms with Gasteiger partial charge in [0.25, 0.3) is 0 Å². The predicted molar refractivity (Wildman–Crippen MR) is 85.7 cm³/mol. The summed E-state index contributed by atoms with van der Waals surface area (Å²) in [6, 6.07) is 13.8. The van der Waals surface area contributed by atoms with E-state index in [4.69, 9.17) is 4.74 Å². The molecule has 2 aromatic carbocycles. The number of carbonyl (C=O) groups is 1. The van der Waals surface area contributed by atoms with Crippen molar-refractivity contribution in [1.82, 2.24) is 4.90 Å². The van der Waals surface area contributed by atoms with E-state index < -0.39 is 11.2 Å². The van der Waals surface area contributed by atoms with E-state index in [1.54, 1.807) is 0 Å². The highest BCUT2D eigenvalue weighted by molar-refractivity contribution is 5.87. The third-order valence-electron chi connectivity index (χ3n) is 3.85. The van der Waals surface area contributed by atoms with Crippen LogP contribution in [-0.4, -0.2) is 34.8 Å². The maximum atomic E-state index is 12.0. The van der Waals surface area contributed by atoms with E-state index in [0.29, 0.717) is 0 Å². The minimum atomic E-state index is -1.00. The first-order chi connectivity index (χ1) is 10.3. The Bertz CT molecular complexity index is 706. The molecule has 1 saturated heterocycles. The smallest absolute Gasteiger partial charge is 0.410 e. The number of hydrogen-bond donors (Lipinski definition) is 1. The minimum absolute atomic E-state index is 0.260. The molecule has 0 atom stereocenters. The average molecular weight is 299 g/mol. The molecule has 22 heavy (non-hydrogen) atoms. The lowest BCUT2D eigenvalue weighted by atomic mass is 9.83. The van der Waals surface area contributed by atoms with E-state index in [-0.39, 0.29) is 19.2 Å². The molecule has 0 bridgehead atoms. The van der Waals surface area contributed by atoms with Gasteiger partial charge in [-0.1, -0.05) is 42.5 Å². The summed E-state index contributed by atoms with van der Waals surface area (Å²) in [6.07, 6.45) is -0.377. The number of fused-ring (bicyclic) bond motifs is 1. The summed E-state index contributed by atoms with van der Waals surface area (Å²) in [5.41, 5.74) is -0.660. The Kier molecular flexibility index (Phi) is 3.37. The Morgan fingerprint density at radius 2 is 1.77 bits per heavy atom. The van der Waals surface area contributed by atoms with Crippen LogP contribution in [0.1, 0.15) is 26.3 Å². The molecule has 1 amide bonds. The summed E-state index contributed by atoms with van der Waals surface area (Å²) in [5.74, 6) is 0. The van der Waals surface area contributed by atoms with Crippen LogP contribution in [0.3, 0.4) is 0 Å². The molecule has 3 rings (SSSR count). The lowest BCUT2D eigenvalue weighted by Crippen LogP contribution is -2.62. The summed E-state index contributed by atoms with van der Waals surface area (Å²) in [7, 11) is 0. The van der Waals surface area contributed by atoms with E-state index >= 15 is 0 Å². The van der Waals surface area contributed by atoms with E-state index in [0.717, 1.165) is 16.3 Å².